The summed E-state index contributed by atoms with van der Waals surface area (Å²) in [7, 11) is 1.86. The van der Waals surface area contributed by atoms with E-state index in [9.17, 15) is 0 Å². The molecule has 0 saturated heterocycles. The third kappa shape index (κ3) is 4.19. The highest BCUT2D eigenvalue weighted by Gasteiger charge is 2.13. The molecule has 0 aliphatic rings. The van der Waals surface area contributed by atoms with Crippen LogP contribution in [0.5, 0.6) is 11.6 Å². The SMILES string of the molecule is CNCc1nc(Oc2ccc(C(C)(C)C)cc2)ccc1Cl. The van der Waals surface area contributed by atoms with Crippen LogP contribution in [0, 0.1) is 0 Å². The van der Waals surface area contributed by atoms with Crippen molar-refractivity contribution in [1.82, 2.24) is 10.3 Å². The lowest BCUT2D eigenvalue weighted by molar-refractivity contribution is 0.459. The highest BCUT2D eigenvalue weighted by atomic mass is 35.5. The molecule has 1 aromatic carbocycles. The van der Waals surface area contributed by atoms with Gasteiger partial charge in [0.1, 0.15) is 5.75 Å². The first-order chi connectivity index (χ1) is 9.90. The largest absolute Gasteiger partial charge is 0.439 e. The molecule has 0 unspecified atom stereocenters. The summed E-state index contributed by atoms with van der Waals surface area (Å²) in [6.07, 6.45) is 0. The summed E-state index contributed by atoms with van der Waals surface area (Å²) in [5.41, 5.74) is 2.19. The van der Waals surface area contributed by atoms with Gasteiger partial charge < -0.3 is 10.1 Å². The summed E-state index contributed by atoms with van der Waals surface area (Å²) in [5, 5.41) is 3.68. The Labute approximate surface area is 131 Å². The lowest BCUT2D eigenvalue weighted by atomic mass is 9.87. The van der Waals surface area contributed by atoms with Crippen LogP contribution < -0.4 is 10.1 Å². The van der Waals surface area contributed by atoms with E-state index in [0.29, 0.717) is 17.4 Å². The molecule has 0 atom stereocenters. The Hall–Kier alpha value is -1.58. The number of benzene rings is 1. The van der Waals surface area contributed by atoms with Gasteiger partial charge in [0.05, 0.1) is 10.7 Å². The summed E-state index contributed by atoms with van der Waals surface area (Å²) in [5.74, 6) is 1.32. The molecule has 0 spiro atoms. The van der Waals surface area contributed by atoms with Crippen molar-refractivity contribution >= 4 is 11.6 Å². The molecule has 21 heavy (non-hydrogen) atoms. The number of hydrogen-bond donors (Lipinski definition) is 1. The molecule has 112 valence electrons. The molecule has 3 nitrogen and oxygen atoms in total. The van der Waals surface area contributed by atoms with E-state index in [2.05, 4.69) is 43.2 Å². The van der Waals surface area contributed by atoms with Crippen molar-refractivity contribution in [3.8, 4) is 11.6 Å². The third-order valence-corrected chi connectivity index (χ3v) is 3.52. The molecule has 0 fully saturated rings. The molecule has 0 saturated carbocycles. The zero-order valence-corrected chi connectivity index (χ0v) is 13.7. The number of rotatable bonds is 4. The molecule has 1 heterocycles. The number of halogens is 1. The molecule has 4 heteroatoms. The first kappa shape index (κ1) is 15.8. The van der Waals surface area contributed by atoms with E-state index in [1.54, 1.807) is 12.1 Å². The van der Waals surface area contributed by atoms with E-state index in [4.69, 9.17) is 16.3 Å². The van der Waals surface area contributed by atoms with Crippen molar-refractivity contribution in [3.05, 3.63) is 52.7 Å². The molecule has 0 bridgehead atoms. The molecule has 2 aromatic rings. The van der Waals surface area contributed by atoms with Gasteiger partial charge in [-0.25, -0.2) is 4.98 Å². The minimum absolute atomic E-state index is 0.136. The monoisotopic (exact) mass is 304 g/mol. The van der Waals surface area contributed by atoms with Crippen molar-refractivity contribution < 1.29 is 4.74 Å². The smallest absolute Gasteiger partial charge is 0.219 e. The lowest BCUT2D eigenvalue weighted by Crippen LogP contribution is -2.10. The first-order valence-corrected chi connectivity index (χ1v) is 7.36. The highest BCUT2D eigenvalue weighted by Crippen LogP contribution is 2.27. The van der Waals surface area contributed by atoms with Gasteiger partial charge in [-0.05, 0) is 36.2 Å². The molecule has 1 aromatic heterocycles. The van der Waals surface area contributed by atoms with Crippen LogP contribution in [0.2, 0.25) is 5.02 Å². The molecular formula is C17H21ClN2O. The highest BCUT2D eigenvalue weighted by molar-refractivity contribution is 6.31. The van der Waals surface area contributed by atoms with Crippen LogP contribution >= 0.6 is 11.6 Å². The second-order valence-electron chi connectivity index (χ2n) is 5.98. The summed E-state index contributed by atoms with van der Waals surface area (Å²) in [6.45, 7) is 7.17. The second-order valence-corrected chi connectivity index (χ2v) is 6.39. The van der Waals surface area contributed by atoms with Gasteiger partial charge in [-0.15, -0.1) is 0 Å². The average molecular weight is 305 g/mol. The Bertz CT molecular complexity index is 603. The molecule has 0 amide bonds. The molecular weight excluding hydrogens is 284 g/mol. The Kier molecular flexibility index (Phi) is 4.86. The van der Waals surface area contributed by atoms with Gasteiger partial charge in [-0.3, -0.25) is 0 Å². The Balaban J connectivity index is 2.16. The van der Waals surface area contributed by atoms with Crippen LogP contribution in [0.1, 0.15) is 32.0 Å². The topological polar surface area (TPSA) is 34.2 Å². The maximum absolute atomic E-state index is 6.09. The van der Waals surface area contributed by atoms with Crippen molar-refractivity contribution in [2.45, 2.75) is 32.7 Å². The Morgan fingerprint density at radius 2 is 1.76 bits per heavy atom. The Morgan fingerprint density at radius 3 is 2.33 bits per heavy atom. The molecule has 1 N–H and O–H groups in total. The van der Waals surface area contributed by atoms with Gasteiger partial charge in [0, 0.05) is 12.6 Å². The fraction of sp³-hybridized carbons (Fsp3) is 0.353. The number of nitrogens with zero attached hydrogens (tertiary/aromatic N) is 1. The standard InChI is InChI=1S/C17H21ClN2O/c1-17(2,3)12-5-7-13(8-6-12)21-16-10-9-14(18)15(20-16)11-19-4/h5-10,19H,11H2,1-4H3. The van der Waals surface area contributed by atoms with Gasteiger partial charge in [-0.2, -0.15) is 0 Å². The van der Waals surface area contributed by atoms with Gasteiger partial charge in [-0.1, -0.05) is 44.5 Å². The molecule has 2 rings (SSSR count). The number of pyridine rings is 1. The normalized spacial score (nSPS) is 11.5. The van der Waals surface area contributed by atoms with E-state index < -0.39 is 0 Å². The van der Waals surface area contributed by atoms with E-state index in [1.807, 2.05) is 19.2 Å². The second kappa shape index (κ2) is 6.46. The van der Waals surface area contributed by atoms with Gasteiger partial charge in [0.15, 0.2) is 0 Å². The number of ether oxygens (including phenoxy) is 1. The number of nitrogens with one attached hydrogen (secondary N) is 1. The maximum Gasteiger partial charge on any atom is 0.219 e. The fourth-order valence-corrected chi connectivity index (χ4v) is 2.13. The van der Waals surface area contributed by atoms with Crippen LogP contribution in [0.25, 0.3) is 0 Å². The fourth-order valence-electron chi connectivity index (χ4n) is 1.96. The average Bonchev–Trinajstić information content (AvgIpc) is 2.42. The van der Waals surface area contributed by atoms with Gasteiger partial charge >= 0.3 is 0 Å². The summed E-state index contributed by atoms with van der Waals surface area (Å²) in [4.78, 5) is 4.41. The van der Waals surface area contributed by atoms with E-state index in [1.165, 1.54) is 5.56 Å². The zero-order chi connectivity index (χ0) is 15.5. The predicted octanol–water partition coefficient (Wildman–Crippen LogP) is 4.54. The van der Waals surface area contributed by atoms with Gasteiger partial charge in [0.2, 0.25) is 5.88 Å². The van der Waals surface area contributed by atoms with Crippen LogP contribution in [0.3, 0.4) is 0 Å². The van der Waals surface area contributed by atoms with Crippen molar-refractivity contribution in [3.63, 3.8) is 0 Å². The van der Waals surface area contributed by atoms with E-state index in [-0.39, 0.29) is 5.41 Å². The van der Waals surface area contributed by atoms with E-state index >= 15 is 0 Å². The third-order valence-electron chi connectivity index (χ3n) is 3.18. The quantitative estimate of drug-likeness (QED) is 0.900. The Morgan fingerprint density at radius 1 is 1.10 bits per heavy atom. The van der Waals surface area contributed by atoms with Crippen LogP contribution in [0.4, 0.5) is 0 Å². The van der Waals surface area contributed by atoms with Crippen LogP contribution in [-0.4, -0.2) is 12.0 Å². The van der Waals surface area contributed by atoms with Crippen LogP contribution in [-0.2, 0) is 12.0 Å². The van der Waals surface area contributed by atoms with Crippen molar-refractivity contribution in [2.75, 3.05) is 7.05 Å². The first-order valence-electron chi connectivity index (χ1n) is 6.98. The van der Waals surface area contributed by atoms with Crippen molar-refractivity contribution in [1.29, 1.82) is 0 Å². The molecule has 0 aliphatic heterocycles. The number of aromatic nitrogens is 1. The van der Waals surface area contributed by atoms with Crippen molar-refractivity contribution in [2.24, 2.45) is 0 Å². The number of hydrogen-bond acceptors (Lipinski definition) is 3. The summed E-state index contributed by atoms with van der Waals surface area (Å²) < 4.78 is 5.79. The van der Waals surface area contributed by atoms with Gasteiger partial charge in [0.25, 0.3) is 0 Å². The minimum Gasteiger partial charge on any atom is -0.439 e. The maximum atomic E-state index is 6.09. The minimum atomic E-state index is 0.136. The molecule has 0 radical (unpaired) electrons. The lowest BCUT2D eigenvalue weighted by Gasteiger charge is -2.19. The molecule has 0 aliphatic carbocycles. The summed E-state index contributed by atoms with van der Waals surface area (Å²) in [6, 6.07) is 11.7. The van der Waals surface area contributed by atoms with E-state index in [0.717, 1.165) is 11.4 Å². The summed E-state index contributed by atoms with van der Waals surface area (Å²) >= 11 is 6.09. The predicted molar refractivity (Wildman–Crippen MR) is 87.2 cm³/mol. The van der Waals surface area contributed by atoms with Crippen LogP contribution in [0.15, 0.2) is 36.4 Å². The zero-order valence-electron chi connectivity index (χ0n) is 12.9.